The lowest BCUT2D eigenvalue weighted by Gasteiger charge is -2.07. The van der Waals surface area contributed by atoms with Gasteiger partial charge in [-0.3, -0.25) is 4.79 Å². The van der Waals surface area contributed by atoms with Gasteiger partial charge in [0.25, 0.3) is 0 Å². The number of nitrogens with zero attached hydrogens (tertiary/aromatic N) is 1. The number of aliphatic imine (C=N–C) groups is 1. The molecule has 4 N–H and O–H groups in total. The van der Waals surface area contributed by atoms with Gasteiger partial charge in [0, 0.05) is 20.2 Å². The molecule has 0 aliphatic rings. The number of ether oxygens (including phenoxy) is 1. The van der Waals surface area contributed by atoms with Gasteiger partial charge in [-0.1, -0.05) is 13.8 Å². The minimum atomic E-state index is -0.157. The molecule has 0 aromatic heterocycles. The fourth-order valence-electron chi connectivity index (χ4n) is 1.05. The van der Waals surface area contributed by atoms with Crippen LogP contribution < -0.4 is 16.4 Å². The van der Waals surface area contributed by atoms with Crippen molar-refractivity contribution in [1.82, 2.24) is 10.6 Å². The highest BCUT2D eigenvalue weighted by Gasteiger charge is 1.99. The van der Waals surface area contributed by atoms with Crippen molar-refractivity contribution in [2.24, 2.45) is 16.6 Å². The molecule has 0 atom stereocenters. The Hall–Kier alpha value is -1.30. The third kappa shape index (κ3) is 11.0. The molecule has 17 heavy (non-hydrogen) atoms. The van der Waals surface area contributed by atoms with E-state index in [1.807, 2.05) is 0 Å². The van der Waals surface area contributed by atoms with Crippen LogP contribution in [0.1, 0.15) is 20.3 Å². The molecule has 0 rings (SSSR count). The van der Waals surface area contributed by atoms with Crippen LogP contribution in [0.4, 0.5) is 0 Å². The van der Waals surface area contributed by atoms with E-state index in [2.05, 4.69) is 29.5 Å². The van der Waals surface area contributed by atoms with Gasteiger partial charge in [0.15, 0.2) is 5.96 Å². The highest BCUT2D eigenvalue weighted by molar-refractivity contribution is 5.83. The fraction of sp³-hybridized carbons (Fsp3) is 0.818. The molecule has 0 bridgehead atoms. The van der Waals surface area contributed by atoms with Gasteiger partial charge in [0.1, 0.15) is 6.54 Å². The van der Waals surface area contributed by atoms with Crippen molar-refractivity contribution in [3.05, 3.63) is 0 Å². The number of methoxy groups -OCH3 is 1. The van der Waals surface area contributed by atoms with Gasteiger partial charge in [-0.15, -0.1) is 0 Å². The number of guanidine groups is 1. The zero-order valence-electron chi connectivity index (χ0n) is 11.0. The zero-order chi connectivity index (χ0) is 13.1. The van der Waals surface area contributed by atoms with Crippen LogP contribution in [-0.4, -0.2) is 45.2 Å². The second-order valence-corrected chi connectivity index (χ2v) is 4.15. The van der Waals surface area contributed by atoms with E-state index in [4.69, 9.17) is 10.5 Å². The summed E-state index contributed by atoms with van der Waals surface area (Å²) in [6, 6.07) is 0. The van der Waals surface area contributed by atoms with Crippen LogP contribution in [-0.2, 0) is 9.53 Å². The van der Waals surface area contributed by atoms with E-state index >= 15 is 0 Å². The number of carbonyl (C=O) groups excluding carboxylic acids is 1. The number of nitrogens with one attached hydrogen (secondary N) is 2. The molecule has 0 aliphatic carbocycles. The lowest BCUT2D eigenvalue weighted by Crippen LogP contribution is -2.35. The molecule has 0 unspecified atom stereocenters. The third-order valence-corrected chi connectivity index (χ3v) is 2.05. The Morgan fingerprint density at radius 2 is 2.06 bits per heavy atom. The molecular weight excluding hydrogens is 220 g/mol. The van der Waals surface area contributed by atoms with Gasteiger partial charge in [-0.05, 0) is 12.3 Å². The molecule has 1 amide bonds. The van der Waals surface area contributed by atoms with E-state index in [1.165, 1.54) is 0 Å². The lowest BCUT2D eigenvalue weighted by molar-refractivity contribution is -0.119. The van der Waals surface area contributed by atoms with E-state index in [9.17, 15) is 4.79 Å². The Bertz CT molecular complexity index is 242. The number of hydrogen-bond acceptors (Lipinski definition) is 3. The smallest absolute Gasteiger partial charge is 0.241 e. The molecule has 100 valence electrons. The summed E-state index contributed by atoms with van der Waals surface area (Å²) in [7, 11) is 1.58. The molecule has 0 radical (unpaired) electrons. The van der Waals surface area contributed by atoms with Crippen molar-refractivity contribution in [1.29, 1.82) is 0 Å². The Kier molecular flexibility index (Phi) is 9.14. The summed E-state index contributed by atoms with van der Waals surface area (Å²) in [4.78, 5) is 15.2. The Morgan fingerprint density at radius 1 is 1.35 bits per heavy atom. The standard InChI is InChI=1S/C11H24N4O2/c1-9(2)4-5-14-11(12)15-8-10(16)13-6-7-17-3/h9H,4-8H2,1-3H3,(H,13,16)(H3,12,14,15). The van der Waals surface area contributed by atoms with E-state index in [-0.39, 0.29) is 12.5 Å². The van der Waals surface area contributed by atoms with Gasteiger partial charge < -0.3 is 21.1 Å². The first-order valence-corrected chi connectivity index (χ1v) is 5.85. The summed E-state index contributed by atoms with van der Waals surface area (Å²) in [6.45, 7) is 6.09. The number of amides is 1. The number of carbonyl (C=O) groups is 1. The molecule has 6 heteroatoms. The second-order valence-electron chi connectivity index (χ2n) is 4.15. The summed E-state index contributed by atoms with van der Waals surface area (Å²) in [5, 5.41) is 5.62. The Labute approximate surface area is 103 Å². The number of hydrogen-bond donors (Lipinski definition) is 3. The van der Waals surface area contributed by atoms with Crippen LogP contribution in [0, 0.1) is 5.92 Å². The van der Waals surface area contributed by atoms with E-state index < -0.39 is 0 Å². The molecule has 0 aromatic carbocycles. The summed E-state index contributed by atoms with van der Waals surface area (Å²) < 4.78 is 4.81. The van der Waals surface area contributed by atoms with Gasteiger partial charge in [0.2, 0.25) is 5.91 Å². The van der Waals surface area contributed by atoms with Gasteiger partial charge in [-0.25, -0.2) is 4.99 Å². The maximum atomic E-state index is 11.2. The zero-order valence-corrected chi connectivity index (χ0v) is 11.0. The highest BCUT2D eigenvalue weighted by atomic mass is 16.5. The molecule has 0 aromatic rings. The minimum absolute atomic E-state index is 0.0459. The summed E-state index contributed by atoms with van der Waals surface area (Å²) >= 11 is 0. The summed E-state index contributed by atoms with van der Waals surface area (Å²) in [5.41, 5.74) is 5.60. The van der Waals surface area contributed by atoms with Gasteiger partial charge in [0.05, 0.1) is 6.61 Å². The van der Waals surface area contributed by atoms with Crippen LogP contribution in [0.5, 0.6) is 0 Å². The molecular formula is C11H24N4O2. The molecule has 6 nitrogen and oxygen atoms in total. The van der Waals surface area contributed by atoms with E-state index in [0.717, 1.165) is 13.0 Å². The minimum Gasteiger partial charge on any atom is -0.383 e. The van der Waals surface area contributed by atoms with Crippen LogP contribution in [0.15, 0.2) is 4.99 Å². The monoisotopic (exact) mass is 244 g/mol. The normalized spacial score (nSPS) is 11.6. The Balaban J connectivity index is 3.63. The second kappa shape index (κ2) is 9.89. The molecule has 0 saturated heterocycles. The third-order valence-electron chi connectivity index (χ3n) is 2.05. The predicted molar refractivity (Wildman–Crippen MR) is 68.8 cm³/mol. The van der Waals surface area contributed by atoms with E-state index in [0.29, 0.717) is 25.0 Å². The Morgan fingerprint density at radius 3 is 2.65 bits per heavy atom. The number of rotatable bonds is 8. The van der Waals surface area contributed by atoms with Crippen LogP contribution in [0.2, 0.25) is 0 Å². The quantitative estimate of drug-likeness (QED) is 0.311. The van der Waals surface area contributed by atoms with Crippen molar-refractivity contribution in [2.75, 3.05) is 33.4 Å². The average molecular weight is 244 g/mol. The first kappa shape index (κ1) is 15.7. The highest BCUT2D eigenvalue weighted by Crippen LogP contribution is 1.95. The summed E-state index contributed by atoms with van der Waals surface area (Å²) in [6.07, 6.45) is 1.02. The fourth-order valence-corrected chi connectivity index (χ4v) is 1.05. The van der Waals surface area contributed by atoms with E-state index in [1.54, 1.807) is 7.11 Å². The van der Waals surface area contributed by atoms with Crippen molar-refractivity contribution >= 4 is 11.9 Å². The van der Waals surface area contributed by atoms with Crippen molar-refractivity contribution in [2.45, 2.75) is 20.3 Å². The lowest BCUT2D eigenvalue weighted by atomic mass is 10.1. The molecule has 0 spiro atoms. The SMILES string of the molecule is COCCNC(=O)CN=C(N)NCCC(C)C. The maximum Gasteiger partial charge on any atom is 0.241 e. The molecule has 0 saturated carbocycles. The average Bonchev–Trinajstić information content (AvgIpc) is 2.26. The maximum absolute atomic E-state index is 11.2. The number of nitrogens with two attached hydrogens (primary N) is 1. The van der Waals surface area contributed by atoms with Crippen molar-refractivity contribution in [3.63, 3.8) is 0 Å². The largest absolute Gasteiger partial charge is 0.383 e. The van der Waals surface area contributed by atoms with Crippen molar-refractivity contribution < 1.29 is 9.53 Å². The van der Waals surface area contributed by atoms with Crippen LogP contribution in [0.25, 0.3) is 0 Å². The van der Waals surface area contributed by atoms with Crippen LogP contribution in [0.3, 0.4) is 0 Å². The van der Waals surface area contributed by atoms with Crippen molar-refractivity contribution in [3.8, 4) is 0 Å². The molecule has 0 aliphatic heterocycles. The first-order valence-electron chi connectivity index (χ1n) is 5.85. The molecule has 0 heterocycles. The summed E-state index contributed by atoms with van der Waals surface area (Å²) in [5.74, 6) is 0.774. The van der Waals surface area contributed by atoms with Gasteiger partial charge in [-0.2, -0.15) is 0 Å². The predicted octanol–water partition coefficient (Wildman–Crippen LogP) is -0.301. The first-order chi connectivity index (χ1) is 8.06. The topological polar surface area (TPSA) is 88.7 Å². The van der Waals surface area contributed by atoms with Gasteiger partial charge >= 0.3 is 0 Å². The molecule has 0 fully saturated rings. The van der Waals surface area contributed by atoms with Crippen LogP contribution >= 0.6 is 0 Å².